The molecule has 0 bridgehead atoms. The third kappa shape index (κ3) is 1.35. The van der Waals surface area contributed by atoms with Crippen LogP contribution in [-0.2, 0) is 0 Å². The smallest absolute Gasteiger partial charge is 0.0982 e. The Kier molecular flexibility index (Phi) is 3.02. The van der Waals surface area contributed by atoms with Gasteiger partial charge >= 0.3 is 18.9 Å². The van der Waals surface area contributed by atoms with Gasteiger partial charge in [-0.3, -0.25) is 0 Å². The molecule has 0 aliphatic carbocycles. The number of hydrogen-bond acceptors (Lipinski definition) is 1. The summed E-state index contributed by atoms with van der Waals surface area (Å²) in [5.74, 6) is 0. The average molecular weight is 75.0 g/mol. The Hall–Kier alpha value is -0.123. The van der Waals surface area contributed by atoms with Gasteiger partial charge in [0.2, 0.25) is 0 Å². The van der Waals surface area contributed by atoms with E-state index in [1.54, 1.807) is 12.3 Å². The minimum Gasteiger partial charge on any atom is -0.472 e. The summed E-state index contributed by atoms with van der Waals surface area (Å²) < 4.78 is 4.53. The number of furan rings is 1. The van der Waals surface area contributed by atoms with Crippen LogP contribution in [0.4, 0.5) is 0 Å². The summed E-state index contributed by atoms with van der Waals surface area (Å²) in [6.45, 7) is 0. The fourth-order valence-electron chi connectivity index (χ4n) is 0.196. The fraction of sp³-hybridized carbons (Fsp3) is 0. The molecule has 0 amide bonds. The molecule has 1 rings (SSSR count). The van der Waals surface area contributed by atoms with Crippen molar-refractivity contribution in [2.45, 2.75) is 0 Å². The van der Waals surface area contributed by atoms with Crippen LogP contribution >= 0.6 is 0 Å². The molecule has 27 valence electrons. The van der Waals surface area contributed by atoms with Crippen molar-refractivity contribution in [2.24, 2.45) is 0 Å². The second-order valence-electron chi connectivity index (χ2n) is 0.723. The van der Waals surface area contributed by atoms with E-state index in [0.717, 1.165) is 0 Å². The first-order chi connectivity index (χ1) is 2.50. The second kappa shape index (κ2) is 3.08. The molecule has 1 nitrogen and oxygen atoms in total. The Morgan fingerprint density at radius 1 is 1.50 bits per heavy atom. The third-order valence-corrected chi connectivity index (χ3v) is 0.379. The van der Waals surface area contributed by atoms with Crippen LogP contribution in [0.5, 0.6) is 0 Å². The summed E-state index contributed by atoms with van der Waals surface area (Å²) in [5.41, 5.74) is 0. The van der Waals surface area contributed by atoms with Crippen molar-refractivity contribution in [3.05, 3.63) is 24.7 Å². The molecule has 1 aromatic rings. The molecule has 0 spiro atoms. The zero-order valence-electron chi connectivity index (χ0n) is 2.64. The van der Waals surface area contributed by atoms with Gasteiger partial charge in [0.15, 0.2) is 0 Å². The maximum absolute atomic E-state index is 4.53. The van der Waals surface area contributed by atoms with E-state index in [4.69, 9.17) is 0 Å². The summed E-state index contributed by atoms with van der Waals surface area (Å²) in [7, 11) is 0. The van der Waals surface area contributed by atoms with E-state index in [0.29, 0.717) is 0 Å². The SMILES string of the molecule is [LiH].[c]1ccoc1. The second-order valence-corrected chi connectivity index (χ2v) is 0.723. The van der Waals surface area contributed by atoms with Crippen molar-refractivity contribution in [2.75, 3.05) is 0 Å². The van der Waals surface area contributed by atoms with Crippen molar-refractivity contribution in [3.8, 4) is 0 Å². The van der Waals surface area contributed by atoms with Crippen LogP contribution in [0.2, 0.25) is 0 Å². The van der Waals surface area contributed by atoms with Crippen molar-refractivity contribution in [1.82, 2.24) is 0 Å². The molecule has 0 saturated carbocycles. The monoisotopic (exact) mass is 75.0 g/mol. The van der Waals surface area contributed by atoms with E-state index in [1.165, 1.54) is 6.26 Å². The van der Waals surface area contributed by atoms with Crippen molar-refractivity contribution in [1.29, 1.82) is 0 Å². The summed E-state index contributed by atoms with van der Waals surface area (Å²) in [6.07, 6.45) is 3.07. The van der Waals surface area contributed by atoms with Crippen LogP contribution in [0, 0.1) is 6.07 Å². The van der Waals surface area contributed by atoms with Gasteiger partial charge in [0.05, 0.1) is 12.5 Å². The zero-order chi connectivity index (χ0) is 3.54. The van der Waals surface area contributed by atoms with Gasteiger partial charge in [0.1, 0.15) is 0 Å². The quantitative estimate of drug-likeness (QED) is 0.407. The first-order valence-corrected chi connectivity index (χ1v) is 1.38. The predicted molar refractivity (Wildman–Crippen MR) is 24.7 cm³/mol. The van der Waals surface area contributed by atoms with Crippen LogP contribution in [-0.4, -0.2) is 18.9 Å². The molecule has 0 saturated heterocycles. The topological polar surface area (TPSA) is 13.1 Å². The Bertz CT molecular complexity index is 64.0. The minimum absolute atomic E-state index is 0. The van der Waals surface area contributed by atoms with Crippen LogP contribution in [0.3, 0.4) is 0 Å². The molecule has 0 aliphatic heterocycles. The van der Waals surface area contributed by atoms with Crippen LogP contribution in [0.25, 0.3) is 0 Å². The van der Waals surface area contributed by atoms with Crippen molar-refractivity contribution < 1.29 is 4.42 Å². The van der Waals surface area contributed by atoms with E-state index in [1.807, 2.05) is 0 Å². The molecule has 0 atom stereocenters. The summed E-state index contributed by atoms with van der Waals surface area (Å²) in [5, 5.41) is 0. The molecular weight excluding hydrogens is 71.0 g/mol. The standard InChI is InChI=1S/C4H3O.Li.H/c1-2-4-5-3-1;;/h1,3-4H;;. The van der Waals surface area contributed by atoms with Gasteiger partial charge in [-0.15, -0.1) is 0 Å². The Morgan fingerprint density at radius 3 is 2.50 bits per heavy atom. The van der Waals surface area contributed by atoms with Gasteiger partial charge in [-0.25, -0.2) is 0 Å². The van der Waals surface area contributed by atoms with Crippen molar-refractivity contribution >= 4 is 18.9 Å². The minimum atomic E-state index is 0. The summed E-state index contributed by atoms with van der Waals surface area (Å²) >= 11 is 0. The molecule has 0 aromatic carbocycles. The summed E-state index contributed by atoms with van der Waals surface area (Å²) in [4.78, 5) is 0. The fourth-order valence-corrected chi connectivity index (χ4v) is 0.196. The normalized spacial score (nSPS) is 6.67. The van der Waals surface area contributed by atoms with E-state index in [2.05, 4.69) is 10.5 Å². The maximum Gasteiger partial charge on any atom is 0.0982 e. The molecule has 1 heterocycles. The van der Waals surface area contributed by atoms with Gasteiger partial charge in [0.25, 0.3) is 0 Å². The van der Waals surface area contributed by atoms with E-state index in [-0.39, 0.29) is 18.9 Å². The van der Waals surface area contributed by atoms with Gasteiger partial charge in [-0.1, -0.05) is 0 Å². The molecule has 0 aliphatic rings. The molecule has 0 unspecified atom stereocenters. The van der Waals surface area contributed by atoms with Gasteiger partial charge in [-0.2, -0.15) is 0 Å². The Morgan fingerprint density at radius 2 is 2.33 bits per heavy atom. The number of rotatable bonds is 0. The van der Waals surface area contributed by atoms with Gasteiger partial charge < -0.3 is 4.42 Å². The largest absolute Gasteiger partial charge is 0.472 e. The maximum atomic E-state index is 4.53. The third-order valence-electron chi connectivity index (χ3n) is 0.379. The summed E-state index contributed by atoms with van der Waals surface area (Å²) in [6, 6.07) is 4.40. The first kappa shape index (κ1) is 5.88. The van der Waals surface area contributed by atoms with Crippen LogP contribution in [0.15, 0.2) is 23.0 Å². The molecular formula is C4H4LiO. The van der Waals surface area contributed by atoms with Crippen LogP contribution in [0.1, 0.15) is 0 Å². The molecule has 0 fully saturated rings. The molecule has 0 N–H and O–H groups in total. The van der Waals surface area contributed by atoms with E-state index >= 15 is 0 Å². The van der Waals surface area contributed by atoms with Crippen molar-refractivity contribution in [3.63, 3.8) is 0 Å². The number of hydrogen-bond donors (Lipinski definition) is 0. The van der Waals surface area contributed by atoms with Gasteiger partial charge in [-0.05, 0) is 6.07 Å². The van der Waals surface area contributed by atoms with E-state index < -0.39 is 0 Å². The van der Waals surface area contributed by atoms with Gasteiger partial charge in [0, 0.05) is 6.07 Å². The molecule has 1 radical (unpaired) electrons. The zero-order valence-corrected chi connectivity index (χ0v) is 2.64. The molecule has 6 heavy (non-hydrogen) atoms. The molecule has 1 aromatic heterocycles. The Labute approximate surface area is 48.5 Å². The van der Waals surface area contributed by atoms with E-state index in [9.17, 15) is 0 Å². The molecule has 2 heteroatoms. The first-order valence-electron chi connectivity index (χ1n) is 1.38. The Balaban J connectivity index is 0.000000250. The predicted octanol–water partition coefficient (Wildman–Crippen LogP) is 0.431. The average Bonchev–Trinajstić information content (AvgIpc) is 1.76. The van der Waals surface area contributed by atoms with Crippen LogP contribution < -0.4 is 0 Å².